The fourth-order valence-electron chi connectivity index (χ4n) is 1.39. The van der Waals surface area contributed by atoms with Gasteiger partial charge in [0.1, 0.15) is 0 Å². The van der Waals surface area contributed by atoms with Crippen LogP contribution in [0.2, 0.25) is 0 Å². The minimum Gasteiger partial charge on any atom is -0.350 e. The Morgan fingerprint density at radius 1 is 1.47 bits per heavy atom. The SMILES string of the molecule is CNS(=O)(=O)c1cc2c(ccn2C)cn1. The molecule has 0 aliphatic rings. The zero-order valence-corrected chi connectivity index (χ0v) is 9.25. The molecule has 15 heavy (non-hydrogen) atoms. The van der Waals surface area contributed by atoms with Gasteiger partial charge in [-0.25, -0.2) is 18.1 Å². The van der Waals surface area contributed by atoms with E-state index < -0.39 is 10.0 Å². The highest BCUT2D eigenvalue weighted by Crippen LogP contribution is 2.16. The zero-order valence-electron chi connectivity index (χ0n) is 8.43. The maximum Gasteiger partial charge on any atom is 0.257 e. The number of hydrogen-bond donors (Lipinski definition) is 1. The standard InChI is InChI=1S/C9H11N3O2S/c1-10-15(13,14)9-5-8-7(6-11-9)3-4-12(8)2/h3-6,10H,1-2H3. The Bertz CT molecular complexity index is 601. The number of sulfonamides is 1. The quantitative estimate of drug-likeness (QED) is 0.808. The maximum absolute atomic E-state index is 11.5. The number of nitrogens with one attached hydrogen (secondary N) is 1. The van der Waals surface area contributed by atoms with Gasteiger partial charge in [0.2, 0.25) is 0 Å². The van der Waals surface area contributed by atoms with Crippen molar-refractivity contribution in [3.63, 3.8) is 0 Å². The summed E-state index contributed by atoms with van der Waals surface area (Å²) in [5.74, 6) is 0. The summed E-state index contributed by atoms with van der Waals surface area (Å²) in [7, 11) is -0.232. The first-order chi connectivity index (χ1) is 7.04. The average molecular weight is 225 g/mol. The van der Waals surface area contributed by atoms with Crippen molar-refractivity contribution >= 4 is 20.9 Å². The van der Waals surface area contributed by atoms with Gasteiger partial charge in [0, 0.05) is 30.9 Å². The van der Waals surface area contributed by atoms with Crippen molar-refractivity contribution < 1.29 is 8.42 Å². The predicted molar refractivity (Wildman–Crippen MR) is 57.0 cm³/mol. The van der Waals surface area contributed by atoms with E-state index in [4.69, 9.17) is 0 Å². The third-order valence-corrected chi connectivity index (χ3v) is 3.60. The Balaban J connectivity index is 2.70. The van der Waals surface area contributed by atoms with Crippen molar-refractivity contribution in [3.05, 3.63) is 24.5 Å². The highest BCUT2D eigenvalue weighted by molar-refractivity contribution is 7.89. The Morgan fingerprint density at radius 3 is 2.87 bits per heavy atom. The lowest BCUT2D eigenvalue weighted by Crippen LogP contribution is -2.19. The van der Waals surface area contributed by atoms with Crippen molar-refractivity contribution in [2.75, 3.05) is 7.05 Å². The van der Waals surface area contributed by atoms with Crippen molar-refractivity contribution in [1.82, 2.24) is 14.3 Å². The van der Waals surface area contributed by atoms with Gasteiger partial charge in [0.05, 0.1) is 5.52 Å². The normalized spacial score (nSPS) is 12.1. The Morgan fingerprint density at radius 2 is 2.20 bits per heavy atom. The van der Waals surface area contributed by atoms with Gasteiger partial charge in [-0.2, -0.15) is 0 Å². The van der Waals surface area contributed by atoms with Crippen LogP contribution in [0, 0.1) is 0 Å². The lowest BCUT2D eigenvalue weighted by Gasteiger charge is -2.02. The molecule has 2 aromatic heterocycles. The van der Waals surface area contributed by atoms with Gasteiger partial charge in [-0.3, -0.25) is 0 Å². The van der Waals surface area contributed by atoms with Crippen LogP contribution in [0.15, 0.2) is 29.6 Å². The van der Waals surface area contributed by atoms with Gasteiger partial charge in [-0.1, -0.05) is 0 Å². The second-order valence-corrected chi connectivity index (χ2v) is 5.05. The lowest BCUT2D eigenvalue weighted by atomic mass is 10.3. The maximum atomic E-state index is 11.5. The van der Waals surface area contributed by atoms with Gasteiger partial charge in [0.15, 0.2) is 5.03 Å². The Kier molecular flexibility index (Phi) is 2.24. The molecule has 0 saturated carbocycles. The molecule has 0 unspecified atom stereocenters. The van der Waals surface area contributed by atoms with Crippen LogP contribution in [0.5, 0.6) is 0 Å². The first kappa shape index (κ1) is 10.1. The van der Waals surface area contributed by atoms with E-state index >= 15 is 0 Å². The summed E-state index contributed by atoms with van der Waals surface area (Å²) in [6, 6.07) is 3.44. The number of aryl methyl sites for hydroxylation is 1. The van der Waals surface area contributed by atoms with Gasteiger partial charge >= 0.3 is 0 Å². The van der Waals surface area contributed by atoms with Crippen LogP contribution in [-0.4, -0.2) is 25.0 Å². The van der Waals surface area contributed by atoms with E-state index in [1.54, 1.807) is 12.3 Å². The molecule has 2 aromatic rings. The molecule has 0 atom stereocenters. The minimum atomic E-state index is -3.46. The molecule has 6 heteroatoms. The highest BCUT2D eigenvalue weighted by atomic mass is 32.2. The number of nitrogens with zero attached hydrogens (tertiary/aromatic N) is 2. The topological polar surface area (TPSA) is 64.0 Å². The van der Waals surface area contributed by atoms with Crippen LogP contribution in [0.25, 0.3) is 10.9 Å². The number of fused-ring (bicyclic) bond motifs is 1. The summed E-state index contributed by atoms with van der Waals surface area (Å²) in [5.41, 5.74) is 0.846. The minimum absolute atomic E-state index is 0.0410. The second-order valence-electron chi connectivity index (χ2n) is 3.22. The van der Waals surface area contributed by atoms with E-state index in [0.717, 1.165) is 10.9 Å². The summed E-state index contributed by atoms with van der Waals surface area (Å²) in [4.78, 5) is 3.90. The number of rotatable bonds is 2. The van der Waals surface area contributed by atoms with Gasteiger partial charge in [0.25, 0.3) is 10.0 Å². The average Bonchev–Trinajstić information content (AvgIpc) is 2.60. The Labute approximate surface area is 87.8 Å². The summed E-state index contributed by atoms with van der Waals surface area (Å²) < 4.78 is 27.1. The molecule has 0 saturated heterocycles. The van der Waals surface area contributed by atoms with Crippen molar-refractivity contribution in [2.24, 2.45) is 7.05 Å². The van der Waals surface area contributed by atoms with Crippen LogP contribution in [0.4, 0.5) is 0 Å². The van der Waals surface area contributed by atoms with Crippen LogP contribution in [-0.2, 0) is 17.1 Å². The molecule has 0 amide bonds. The molecule has 2 heterocycles. The molecular formula is C9H11N3O2S. The van der Waals surface area contributed by atoms with E-state index in [1.165, 1.54) is 7.05 Å². The lowest BCUT2D eigenvalue weighted by molar-refractivity contribution is 0.584. The van der Waals surface area contributed by atoms with Gasteiger partial charge in [-0.05, 0) is 13.1 Å². The zero-order chi connectivity index (χ0) is 11.1. The first-order valence-electron chi connectivity index (χ1n) is 4.39. The molecule has 80 valence electrons. The van der Waals surface area contributed by atoms with Crippen LogP contribution in [0.1, 0.15) is 0 Å². The van der Waals surface area contributed by atoms with E-state index in [-0.39, 0.29) is 5.03 Å². The first-order valence-corrected chi connectivity index (χ1v) is 5.87. The van der Waals surface area contributed by atoms with Crippen molar-refractivity contribution in [3.8, 4) is 0 Å². The van der Waals surface area contributed by atoms with E-state index in [9.17, 15) is 8.42 Å². The van der Waals surface area contributed by atoms with Crippen molar-refractivity contribution in [2.45, 2.75) is 5.03 Å². The summed E-state index contributed by atoms with van der Waals surface area (Å²) >= 11 is 0. The van der Waals surface area contributed by atoms with E-state index in [2.05, 4.69) is 9.71 Å². The number of hydrogen-bond acceptors (Lipinski definition) is 3. The van der Waals surface area contributed by atoms with Crippen molar-refractivity contribution in [1.29, 1.82) is 0 Å². The molecule has 0 spiro atoms. The third-order valence-electron chi connectivity index (χ3n) is 2.29. The second kappa shape index (κ2) is 3.32. The van der Waals surface area contributed by atoms with Crippen LogP contribution >= 0.6 is 0 Å². The van der Waals surface area contributed by atoms with E-state index in [1.807, 2.05) is 23.9 Å². The number of aromatic nitrogens is 2. The summed E-state index contributed by atoms with van der Waals surface area (Å²) in [5, 5.41) is 0.965. The monoisotopic (exact) mass is 225 g/mol. The molecule has 2 rings (SSSR count). The summed E-state index contributed by atoms with van der Waals surface area (Å²) in [6.07, 6.45) is 3.42. The summed E-state index contributed by atoms with van der Waals surface area (Å²) in [6.45, 7) is 0. The Hall–Kier alpha value is -1.40. The van der Waals surface area contributed by atoms with Gasteiger partial charge in [-0.15, -0.1) is 0 Å². The molecule has 0 bridgehead atoms. The molecule has 0 aliphatic heterocycles. The smallest absolute Gasteiger partial charge is 0.257 e. The molecule has 0 aromatic carbocycles. The molecule has 1 N–H and O–H groups in total. The van der Waals surface area contributed by atoms with Gasteiger partial charge < -0.3 is 4.57 Å². The molecule has 0 aliphatic carbocycles. The fourth-order valence-corrected chi connectivity index (χ4v) is 2.06. The predicted octanol–water partition coefficient (Wildman–Crippen LogP) is 0.481. The highest BCUT2D eigenvalue weighted by Gasteiger charge is 2.13. The number of pyridine rings is 1. The molecule has 5 nitrogen and oxygen atoms in total. The van der Waals surface area contributed by atoms with Crippen LogP contribution < -0.4 is 4.72 Å². The third kappa shape index (κ3) is 1.62. The largest absolute Gasteiger partial charge is 0.350 e. The molecular weight excluding hydrogens is 214 g/mol. The molecule has 0 fully saturated rings. The van der Waals surface area contributed by atoms with Crippen LogP contribution in [0.3, 0.4) is 0 Å². The fraction of sp³-hybridized carbons (Fsp3) is 0.222. The molecule has 0 radical (unpaired) electrons. The van der Waals surface area contributed by atoms with E-state index in [0.29, 0.717) is 0 Å².